The van der Waals surface area contributed by atoms with Crippen molar-refractivity contribution in [2.45, 2.75) is 58.4 Å². The van der Waals surface area contributed by atoms with Gasteiger partial charge in [0.2, 0.25) is 5.91 Å². The van der Waals surface area contributed by atoms with Crippen molar-refractivity contribution in [3.05, 3.63) is 29.8 Å². The Hall–Kier alpha value is -2.21. The van der Waals surface area contributed by atoms with Crippen molar-refractivity contribution in [3.8, 4) is 11.3 Å². The molecule has 6 heteroatoms. The van der Waals surface area contributed by atoms with Crippen LogP contribution in [0, 0.1) is 19.8 Å². The van der Waals surface area contributed by atoms with Crippen LogP contribution in [0.15, 0.2) is 22.9 Å². The average molecular weight is 342 g/mol. The molecule has 1 aliphatic rings. The molecule has 1 fully saturated rings. The number of nitrogens with zero attached hydrogens (tertiary/aromatic N) is 2. The summed E-state index contributed by atoms with van der Waals surface area (Å²) in [5.74, 6) is 0.882. The molecule has 0 aliphatic heterocycles. The van der Waals surface area contributed by atoms with Crippen molar-refractivity contribution in [3.63, 3.8) is 0 Å². The number of nitrogens with one attached hydrogen (secondary N) is 1. The maximum Gasteiger partial charge on any atom is 0.241 e. The van der Waals surface area contributed by atoms with Crippen molar-refractivity contribution in [2.75, 3.05) is 5.32 Å². The highest BCUT2D eigenvalue weighted by Gasteiger charge is 2.25. The fourth-order valence-corrected chi connectivity index (χ4v) is 3.57. The molecule has 0 aromatic carbocycles. The summed E-state index contributed by atoms with van der Waals surface area (Å²) in [5.41, 5.74) is 9.34. The lowest BCUT2D eigenvalue weighted by Crippen LogP contribution is -2.41. The van der Waals surface area contributed by atoms with Crippen LogP contribution >= 0.6 is 0 Å². The lowest BCUT2D eigenvalue weighted by molar-refractivity contribution is -0.118. The third-order valence-corrected chi connectivity index (χ3v) is 5.03. The van der Waals surface area contributed by atoms with Gasteiger partial charge in [-0.2, -0.15) is 0 Å². The number of rotatable bonds is 4. The Kier molecular flexibility index (Phi) is 5.48. The van der Waals surface area contributed by atoms with Gasteiger partial charge in [-0.05, 0) is 44.7 Å². The molecule has 2 aromatic rings. The Balaban J connectivity index is 1.65. The maximum atomic E-state index is 12.5. The lowest BCUT2D eigenvalue weighted by Gasteiger charge is -2.21. The molecule has 0 spiro atoms. The molecule has 0 bridgehead atoms. The van der Waals surface area contributed by atoms with Crippen molar-refractivity contribution in [2.24, 2.45) is 11.7 Å². The predicted octanol–water partition coefficient (Wildman–Crippen LogP) is 3.59. The first-order chi connectivity index (χ1) is 12.1. The van der Waals surface area contributed by atoms with E-state index in [0.717, 1.165) is 35.6 Å². The molecule has 1 saturated carbocycles. The molecule has 134 valence electrons. The molecule has 3 rings (SSSR count). The quantitative estimate of drug-likeness (QED) is 0.828. The van der Waals surface area contributed by atoms with Crippen LogP contribution in [0.25, 0.3) is 11.3 Å². The molecule has 2 heterocycles. The van der Waals surface area contributed by atoms with Crippen LogP contribution < -0.4 is 11.1 Å². The first-order valence-corrected chi connectivity index (χ1v) is 9.02. The molecule has 1 amide bonds. The Bertz CT molecular complexity index is 696. The summed E-state index contributed by atoms with van der Waals surface area (Å²) in [7, 11) is 0. The average Bonchev–Trinajstić information content (AvgIpc) is 2.82. The summed E-state index contributed by atoms with van der Waals surface area (Å²) in [6.07, 6.45) is 8.56. The monoisotopic (exact) mass is 342 g/mol. The van der Waals surface area contributed by atoms with Crippen LogP contribution in [0.5, 0.6) is 0 Å². The molecule has 0 unspecified atom stereocenters. The van der Waals surface area contributed by atoms with Gasteiger partial charge in [0.1, 0.15) is 5.76 Å². The summed E-state index contributed by atoms with van der Waals surface area (Å²) in [6.45, 7) is 3.74. The third kappa shape index (κ3) is 4.07. The summed E-state index contributed by atoms with van der Waals surface area (Å²) in [6, 6.07) is 3.24. The Labute approximate surface area is 148 Å². The van der Waals surface area contributed by atoms with Crippen LogP contribution in [0.4, 0.5) is 5.69 Å². The van der Waals surface area contributed by atoms with Crippen LogP contribution in [0.3, 0.4) is 0 Å². The maximum absolute atomic E-state index is 12.5. The lowest BCUT2D eigenvalue weighted by atomic mass is 9.92. The number of carbonyl (C=O) groups is 1. The van der Waals surface area contributed by atoms with Crippen molar-refractivity contribution >= 4 is 11.6 Å². The molecular formula is C19H26N4O2. The molecule has 1 aliphatic carbocycles. The van der Waals surface area contributed by atoms with Gasteiger partial charge in [0.05, 0.1) is 34.9 Å². The van der Waals surface area contributed by atoms with Crippen LogP contribution in [-0.4, -0.2) is 22.1 Å². The number of pyridine rings is 1. The third-order valence-electron chi connectivity index (χ3n) is 5.03. The van der Waals surface area contributed by atoms with E-state index in [4.69, 9.17) is 10.3 Å². The fourth-order valence-electron chi connectivity index (χ4n) is 3.57. The Morgan fingerprint density at radius 2 is 1.96 bits per heavy atom. The second kappa shape index (κ2) is 7.78. The van der Waals surface area contributed by atoms with Gasteiger partial charge < -0.3 is 15.6 Å². The van der Waals surface area contributed by atoms with Crippen LogP contribution in [-0.2, 0) is 4.79 Å². The predicted molar refractivity (Wildman–Crippen MR) is 97.0 cm³/mol. The SMILES string of the molecule is Cc1noc(C)c1-c1ccc(NC(=O)[C@@H](N)C2CCCCCC2)cn1. The number of aromatic nitrogens is 2. The number of hydrogen-bond acceptors (Lipinski definition) is 5. The van der Waals surface area contributed by atoms with Gasteiger partial charge in [0.25, 0.3) is 0 Å². The second-order valence-electron chi connectivity index (χ2n) is 6.90. The van der Waals surface area contributed by atoms with Gasteiger partial charge >= 0.3 is 0 Å². The minimum atomic E-state index is -0.458. The largest absolute Gasteiger partial charge is 0.361 e. The standard InChI is InChI=1S/C19H26N4O2/c1-12-17(13(2)25-23-12)16-10-9-15(11-21-16)22-19(24)18(20)14-7-5-3-4-6-8-14/h9-11,14,18H,3-8,20H2,1-2H3,(H,22,24)/t18-/m0/s1. The summed E-state index contributed by atoms with van der Waals surface area (Å²) < 4.78 is 5.18. The van der Waals surface area contributed by atoms with Gasteiger partial charge in [0.15, 0.2) is 0 Å². The number of aryl methyl sites for hydroxylation is 2. The van der Waals surface area contributed by atoms with Gasteiger partial charge in [-0.1, -0.05) is 30.8 Å². The number of nitrogens with two attached hydrogens (primary N) is 1. The van der Waals surface area contributed by atoms with E-state index in [9.17, 15) is 4.79 Å². The smallest absolute Gasteiger partial charge is 0.241 e. The first kappa shape index (κ1) is 17.6. The first-order valence-electron chi connectivity index (χ1n) is 9.02. The van der Waals surface area contributed by atoms with Crippen LogP contribution in [0.2, 0.25) is 0 Å². The normalized spacial score (nSPS) is 17.1. The summed E-state index contributed by atoms with van der Waals surface area (Å²) in [5, 5.41) is 6.84. The molecule has 0 radical (unpaired) electrons. The minimum absolute atomic E-state index is 0.126. The molecule has 1 atom stereocenters. The van der Waals surface area contributed by atoms with E-state index >= 15 is 0 Å². The van der Waals surface area contributed by atoms with E-state index in [-0.39, 0.29) is 11.8 Å². The number of carbonyl (C=O) groups excluding carboxylic acids is 1. The number of anilines is 1. The minimum Gasteiger partial charge on any atom is -0.361 e. The Morgan fingerprint density at radius 1 is 1.24 bits per heavy atom. The molecule has 0 saturated heterocycles. The number of amides is 1. The fraction of sp³-hybridized carbons (Fsp3) is 0.526. The topological polar surface area (TPSA) is 94.0 Å². The van der Waals surface area contributed by atoms with E-state index in [2.05, 4.69) is 15.5 Å². The van der Waals surface area contributed by atoms with Gasteiger partial charge in [-0.25, -0.2) is 0 Å². The highest BCUT2D eigenvalue weighted by atomic mass is 16.5. The highest BCUT2D eigenvalue weighted by molar-refractivity contribution is 5.94. The Morgan fingerprint density at radius 3 is 2.52 bits per heavy atom. The van der Waals surface area contributed by atoms with Gasteiger partial charge in [0, 0.05) is 0 Å². The van der Waals surface area contributed by atoms with E-state index < -0.39 is 6.04 Å². The molecule has 2 aromatic heterocycles. The molecule has 3 N–H and O–H groups in total. The summed E-state index contributed by atoms with van der Waals surface area (Å²) >= 11 is 0. The van der Waals surface area contributed by atoms with Gasteiger partial charge in [-0.3, -0.25) is 9.78 Å². The van der Waals surface area contributed by atoms with Crippen molar-refractivity contribution < 1.29 is 9.32 Å². The highest BCUT2D eigenvalue weighted by Crippen LogP contribution is 2.27. The molecule has 25 heavy (non-hydrogen) atoms. The van der Waals surface area contributed by atoms with Gasteiger partial charge in [-0.15, -0.1) is 0 Å². The van der Waals surface area contributed by atoms with Crippen LogP contribution in [0.1, 0.15) is 50.0 Å². The van der Waals surface area contributed by atoms with E-state index in [1.54, 1.807) is 6.20 Å². The van der Waals surface area contributed by atoms with E-state index in [1.165, 1.54) is 25.7 Å². The van der Waals surface area contributed by atoms with Crippen molar-refractivity contribution in [1.29, 1.82) is 0 Å². The number of hydrogen-bond donors (Lipinski definition) is 2. The zero-order valence-corrected chi connectivity index (χ0v) is 14.9. The van der Waals surface area contributed by atoms with E-state index in [0.29, 0.717) is 5.69 Å². The molecule has 6 nitrogen and oxygen atoms in total. The molecular weight excluding hydrogens is 316 g/mol. The zero-order chi connectivity index (χ0) is 17.8. The van der Waals surface area contributed by atoms with Crippen molar-refractivity contribution in [1.82, 2.24) is 10.1 Å². The zero-order valence-electron chi connectivity index (χ0n) is 14.9. The van der Waals surface area contributed by atoms with E-state index in [1.807, 2.05) is 26.0 Å². The summed E-state index contributed by atoms with van der Waals surface area (Å²) in [4.78, 5) is 16.9. The second-order valence-corrected chi connectivity index (χ2v) is 6.90.